The predicted molar refractivity (Wildman–Crippen MR) is 86.8 cm³/mol. The Morgan fingerprint density at radius 1 is 1.24 bits per heavy atom. The zero-order valence-electron chi connectivity index (χ0n) is 11.9. The van der Waals surface area contributed by atoms with E-state index in [1.807, 2.05) is 36.0 Å². The number of benzene rings is 1. The van der Waals surface area contributed by atoms with E-state index in [1.54, 1.807) is 18.3 Å². The molecule has 0 radical (unpaired) electrons. The van der Waals surface area contributed by atoms with E-state index >= 15 is 0 Å². The highest BCUT2D eigenvalue weighted by molar-refractivity contribution is 7.98. The molecular weight excluding hydrogens is 284 g/mol. The fourth-order valence-electron chi connectivity index (χ4n) is 1.84. The van der Waals surface area contributed by atoms with Crippen LogP contribution in [0.25, 0.3) is 0 Å². The Bertz CT molecular complexity index is 599. The van der Waals surface area contributed by atoms with Crippen molar-refractivity contribution in [2.45, 2.75) is 19.2 Å². The SMILES string of the molecule is CCSCc1ccnc(NCc2ccc(C(=O)O)cc2)c1. The second-order valence-electron chi connectivity index (χ2n) is 4.54. The van der Waals surface area contributed by atoms with Crippen LogP contribution in [0.2, 0.25) is 0 Å². The molecule has 2 aromatic rings. The van der Waals surface area contributed by atoms with Gasteiger partial charge < -0.3 is 10.4 Å². The summed E-state index contributed by atoms with van der Waals surface area (Å²) in [4.78, 5) is 15.1. The topological polar surface area (TPSA) is 62.2 Å². The van der Waals surface area contributed by atoms with Crippen LogP contribution >= 0.6 is 11.8 Å². The van der Waals surface area contributed by atoms with Gasteiger partial charge in [0.25, 0.3) is 0 Å². The highest BCUT2D eigenvalue weighted by Crippen LogP contribution is 2.15. The lowest BCUT2D eigenvalue weighted by molar-refractivity contribution is 0.0697. The van der Waals surface area contributed by atoms with E-state index in [2.05, 4.69) is 17.2 Å². The van der Waals surface area contributed by atoms with E-state index in [0.29, 0.717) is 12.1 Å². The van der Waals surface area contributed by atoms with Crippen LogP contribution < -0.4 is 5.32 Å². The van der Waals surface area contributed by atoms with Crippen molar-refractivity contribution in [1.29, 1.82) is 0 Å². The Morgan fingerprint density at radius 3 is 2.67 bits per heavy atom. The lowest BCUT2D eigenvalue weighted by Gasteiger charge is -2.07. The summed E-state index contributed by atoms with van der Waals surface area (Å²) in [5, 5.41) is 12.1. The van der Waals surface area contributed by atoms with Crippen molar-refractivity contribution in [2.75, 3.05) is 11.1 Å². The summed E-state index contributed by atoms with van der Waals surface area (Å²) >= 11 is 1.88. The highest BCUT2D eigenvalue weighted by atomic mass is 32.2. The molecule has 0 fully saturated rings. The monoisotopic (exact) mass is 302 g/mol. The smallest absolute Gasteiger partial charge is 0.335 e. The van der Waals surface area contributed by atoms with Gasteiger partial charge in [0.15, 0.2) is 0 Å². The number of aromatic nitrogens is 1. The largest absolute Gasteiger partial charge is 0.478 e. The van der Waals surface area contributed by atoms with Crippen molar-refractivity contribution in [1.82, 2.24) is 4.98 Å². The number of hydrogen-bond donors (Lipinski definition) is 2. The summed E-state index contributed by atoms with van der Waals surface area (Å²) < 4.78 is 0. The normalized spacial score (nSPS) is 10.3. The molecule has 1 heterocycles. The maximum absolute atomic E-state index is 10.8. The molecular formula is C16H18N2O2S. The van der Waals surface area contributed by atoms with Crippen LogP contribution in [0.15, 0.2) is 42.6 Å². The highest BCUT2D eigenvalue weighted by Gasteiger charge is 2.02. The molecule has 5 heteroatoms. The zero-order chi connectivity index (χ0) is 15.1. The number of carboxylic acids is 1. The molecule has 0 saturated carbocycles. The van der Waals surface area contributed by atoms with Crippen molar-refractivity contribution in [3.05, 3.63) is 59.3 Å². The van der Waals surface area contributed by atoms with Gasteiger partial charge in [-0.05, 0) is 41.1 Å². The van der Waals surface area contributed by atoms with Gasteiger partial charge in [0.05, 0.1) is 5.56 Å². The Kier molecular flexibility index (Phi) is 5.63. The third kappa shape index (κ3) is 4.79. The molecule has 1 aromatic carbocycles. The summed E-state index contributed by atoms with van der Waals surface area (Å²) in [6.07, 6.45) is 1.81. The Balaban J connectivity index is 1.94. The maximum atomic E-state index is 10.8. The zero-order valence-corrected chi connectivity index (χ0v) is 12.7. The third-order valence-corrected chi connectivity index (χ3v) is 3.92. The number of pyridine rings is 1. The van der Waals surface area contributed by atoms with Gasteiger partial charge in [-0.2, -0.15) is 11.8 Å². The first-order chi connectivity index (χ1) is 10.2. The average Bonchev–Trinajstić information content (AvgIpc) is 2.52. The first-order valence-corrected chi connectivity index (χ1v) is 7.93. The van der Waals surface area contributed by atoms with Gasteiger partial charge >= 0.3 is 5.97 Å². The lowest BCUT2D eigenvalue weighted by atomic mass is 10.1. The molecule has 0 saturated heterocycles. The predicted octanol–water partition coefficient (Wildman–Crippen LogP) is 3.65. The van der Waals surface area contributed by atoms with E-state index in [9.17, 15) is 4.79 Å². The second-order valence-corrected chi connectivity index (χ2v) is 5.82. The minimum Gasteiger partial charge on any atom is -0.478 e. The Morgan fingerprint density at radius 2 is 2.00 bits per heavy atom. The van der Waals surface area contributed by atoms with Crippen molar-refractivity contribution >= 4 is 23.5 Å². The molecule has 2 rings (SSSR count). The number of carbonyl (C=O) groups is 1. The number of carboxylic acid groups (broad SMARTS) is 1. The molecule has 2 N–H and O–H groups in total. The summed E-state index contributed by atoms with van der Waals surface area (Å²) in [6.45, 7) is 2.77. The molecule has 0 aliphatic heterocycles. The fraction of sp³-hybridized carbons (Fsp3) is 0.250. The molecule has 0 bridgehead atoms. The number of rotatable bonds is 7. The quantitative estimate of drug-likeness (QED) is 0.817. The molecule has 0 atom stereocenters. The van der Waals surface area contributed by atoms with Crippen molar-refractivity contribution in [3.63, 3.8) is 0 Å². The van der Waals surface area contributed by atoms with E-state index in [4.69, 9.17) is 5.11 Å². The first-order valence-electron chi connectivity index (χ1n) is 6.78. The molecule has 0 aliphatic rings. The standard InChI is InChI=1S/C16H18N2O2S/c1-2-21-11-13-7-8-17-15(9-13)18-10-12-3-5-14(6-4-12)16(19)20/h3-9H,2,10-11H2,1H3,(H,17,18)(H,19,20). The van der Waals surface area contributed by atoms with Crippen LogP contribution in [0.3, 0.4) is 0 Å². The maximum Gasteiger partial charge on any atom is 0.335 e. The van der Waals surface area contributed by atoms with Gasteiger partial charge in [-0.3, -0.25) is 0 Å². The second kappa shape index (κ2) is 7.69. The van der Waals surface area contributed by atoms with E-state index in [0.717, 1.165) is 22.9 Å². The fourth-order valence-corrected chi connectivity index (χ4v) is 2.46. The van der Waals surface area contributed by atoms with Crippen LogP contribution in [0.5, 0.6) is 0 Å². The van der Waals surface area contributed by atoms with Gasteiger partial charge in [0, 0.05) is 18.5 Å². The molecule has 0 unspecified atom stereocenters. The van der Waals surface area contributed by atoms with Gasteiger partial charge in [0.2, 0.25) is 0 Å². The van der Waals surface area contributed by atoms with Gasteiger partial charge in [-0.25, -0.2) is 9.78 Å². The number of thioether (sulfide) groups is 1. The third-order valence-electron chi connectivity index (χ3n) is 2.97. The van der Waals surface area contributed by atoms with Crippen LogP contribution in [0.4, 0.5) is 5.82 Å². The van der Waals surface area contributed by atoms with Gasteiger partial charge in [-0.1, -0.05) is 19.1 Å². The molecule has 1 aromatic heterocycles. The lowest BCUT2D eigenvalue weighted by Crippen LogP contribution is -2.03. The summed E-state index contributed by atoms with van der Waals surface area (Å²) in [7, 11) is 0. The first kappa shape index (κ1) is 15.4. The van der Waals surface area contributed by atoms with E-state index in [-0.39, 0.29) is 0 Å². The molecule has 0 amide bonds. The number of anilines is 1. The molecule has 4 nitrogen and oxygen atoms in total. The average molecular weight is 302 g/mol. The molecule has 110 valence electrons. The van der Waals surface area contributed by atoms with E-state index < -0.39 is 5.97 Å². The molecule has 0 aliphatic carbocycles. The summed E-state index contributed by atoms with van der Waals surface area (Å²) in [6, 6.07) is 10.9. The summed E-state index contributed by atoms with van der Waals surface area (Å²) in [5.41, 5.74) is 2.58. The molecule has 0 spiro atoms. The molecule has 21 heavy (non-hydrogen) atoms. The minimum absolute atomic E-state index is 0.301. The Labute approximate surface area is 128 Å². The van der Waals surface area contributed by atoms with Crippen LogP contribution in [-0.2, 0) is 12.3 Å². The minimum atomic E-state index is -0.905. The van der Waals surface area contributed by atoms with Crippen molar-refractivity contribution in [2.24, 2.45) is 0 Å². The van der Waals surface area contributed by atoms with Gasteiger partial charge in [-0.15, -0.1) is 0 Å². The number of nitrogens with one attached hydrogen (secondary N) is 1. The van der Waals surface area contributed by atoms with Crippen molar-refractivity contribution < 1.29 is 9.90 Å². The Hall–Kier alpha value is -2.01. The van der Waals surface area contributed by atoms with Crippen LogP contribution in [-0.4, -0.2) is 21.8 Å². The number of nitrogens with zero attached hydrogens (tertiary/aromatic N) is 1. The van der Waals surface area contributed by atoms with Crippen LogP contribution in [0, 0.1) is 0 Å². The van der Waals surface area contributed by atoms with E-state index in [1.165, 1.54) is 5.56 Å². The summed E-state index contributed by atoms with van der Waals surface area (Å²) in [5.74, 6) is 2.02. The van der Waals surface area contributed by atoms with Crippen molar-refractivity contribution in [3.8, 4) is 0 Å². The number of aromatic carboxylic acids is 1. The number of hydrogen-bond acceptors (Lipinski definition) is 4. The van der Waals surface area contributed by atoms with Crippen LogP contribution in [0.1, 0.15) is 28.4 Å². The van der Waals surface area contributed by atoms with Gasteiger partial charge in [0.1, 0.15) is 5.82 Å².